The Bertz CT molecular complexity index is 1010. The fourth-order valence-electron chi connectivity index (χ4n) is 2.58. The lowest BCUT2D eigenvalue weighted by atomic mass is 10.1. The standard InChI is InChI=1S/C19H21N3O4S/c1-4-25-15-9-11-16(12-10-15)27(23,24)22(3)13-18-20-19(21-26-18)17-8-6-5-7-14(17)2/h5-12H,4,13H2,1-3H3. The molecule has 2 aromatic carbocycles. The molecule has 7 nitrogen and oxygen atoms in total. The van der Waals surface area contributed by atoms with Crippen LogP contribution in [-0.4, -0.2) is 36.5 Å². The van der Waals surface area contributed by atoms with Crippen molar-refractivity contribution >= 4 is 10.0 Å². The first-order valence-corrected chi connectivity index (χ1v) is 9.93. The lowest BCUT2D eigenvalue weighted by molar-refractivity contribution is 0.336. The van der Waals surface area contributed by atoms with E-state index >= 15 is 0 Å². The predicted octanol–water partition coefficient (Wildman–Crippen LogP) is 3.26. The summed E-state index contributed by atoms with van der Waals surface area (Å²) in [6.07, 6.45) is 0. The van der Waals surface area contributed by atoms with Crippen molar-refractivity contribution in [1.29, 1.82) is 0 Å². The summed E-state index contributed by atoms with van der Waals surface area (Å²) in [5.41, 5.74) is 1.87. The molecule has 0 aliphatic carbocycles. The lowest BCUT2D eigenvalue weighted by Gasteiger charge is -2.15. The first-order valence-electron chi connectivity index (χ1n) is 8.49. The van der Waals surface area contributed by atoms with Crippen molar-refractivity contribution in [3.8, 4) is 17.1 Å². The van der Waals surface area contributed by atoms with E-state index in [1.807, 2.05) is 38.1 Å². The maximum Gasteiger partial charge on any atom is 0.243 e. The molecule has 0 radical (unpaired) electrons. The first kappa shape index (κ1) is 19.1. The Morgan fingerprint density at radius 3 is 2.48 bits per heavy atom. The van der Waals surface area contributed by atoms with Gasteiger partial charge in [0.25, 0.3) is 0 Å². The third-order valence-electron chi connectivity index (χ3n) is 4.05. The quantitative estimate of drug-likeness (QED) is 0.618. The van der Waals surface area contributed by atoms with E-state index in [1.54, 1.807) is 12.1 Å². The molecule has 0 saturated heterocycles. The highest BCUT2D eigenvalue weighted by atomic mass is 32.2. The van der Waals surface area contributed by atoms with Crippen LogP contribution in [0.5, 0.6) is 5.75 Å². The van der Waals surface area contributed by atoms with Crippen LogP contribution in [0.15, 0.2) is 57.9 Å². The summed E-state index contributed by atoms with van der Waals surface area (Å²) in [6.45, 7) is 4.32. The summed E-state index contributed by atoms with van der Waals surface area (Å²) >= 11 is 0. The van der Waals surface area contributed by atoms with E-state index in [1.165, 1.54) is 23.5 Å². The zero-order valence-corrected chi connectivity index (χ0v) is 16.2. The van der Waals surface area contributed by atoms with Gasteiger partial charge in [0.05, 0.1) is 18.0 Å². The molecule has 27 heavy (non-hydrogen) atoms. The van der Waals surface area contributed by atoms with Crippen molar-refractivity contribution in [3.63, 3.8) is 0 Å². The third kappa shape index (κ3) is 4.17. The second kappa shape index (κ2) is 7.89. The van der Waals surface area contributed by atoms with Crippen molar-refractivity contribution in [2.24, 2.45) is 0 Å². The Balaban J connectivity index is 1.76. The van der Waals surface area contributed by atoms with E-state index < -0.39 is 10.0 Å². The number of aryl methyl sites for hydroxylation is 1. The molecular formula is C19H21N3O4S. The van der Waals surface area contributed by atoms with E-state index in [0.29, 0.717) is 18.2 Å². The van der Waals surface area contributed by atoms with Gasteiger partial charge in [0.15, 0.2) is 0 Å². The van der Waals surface area contributed by atoms with Gasteiger partial charge in [0.2, 0.25) is 21.7 Å². The fourth-order valence-corrected chi connectivity index (χ4v) is 3.70. The van der Waals surface area contributed by atoms with Gasteiger partial charge >= 0.3 is 0 Å². The summed E-state index contributed by atoms with van der Waals surface area (Å²) in [6, 6.07) is 14.0. The van der Waals surface area contributed by atoms with Gasteiger partial charge < -0.3 is 9.26 Å². The second-order valence-electron chi connectivity index (χ2n) is 5.99. The smallest absolute Gasteiger partial charge is 0.243 e. The molecule has 142 valence electrons. The van der Waals surface area contributed by atoms with Crippen molar-refractivity contribution < 1.29 is 17.7 Å². The van der Waals surface area contributed by atoms with Crippen molar-refractivity contribution in [3.05, 3.63) is 60.0 Å². The van der Waals surface area contributed by atoms with Crippen LogP contribution >= 0.6 is 0 Å². The minimum atomic E-state index is -3.68. The van der Waals surface area contributed by atoms with Gasteiger partial charge in [-0.25, -0.2) is 8.42 Å². The summed E-state index contributed by atoms with van der Waals surface area (Å²) in [7, 11) is -2.21. The molecular weight excluding hydrogens is 366 g/mol. The van der Waals surface area contributed by atoms with Crippen LogP contribution < -0.4 is 4.74 Å². The molecule has 0 atom stereocenters. The minimum Gasteiger partial charge on any atom is -0.494 e. The molecule has 0 unspecified atom stereocenters. The number of rotatable bonds is 7. The molecule has 1 heterocycles. The maximum atomic E-state index is 12.7. The van der Waals surface area contributed by atoms with Crippen LogP contribution in [0.3, 0.4) is 0 Å². The van der Waals surface area contributed by atoms with Crippen LogP contribution in [0.2, 0.25) is 0 Å². The van der Waals surface area contributed by atoms with Gasteiger partial charge in [0.1, 0.15) is 5.75 Å². The van der Waals surface area contributed by atoms with Gasteiger partial charge in [-0.2, -0.15) is 9.29 Å². The van der Waals surface area contributed by atoms with Crippen LogP contribution in [0.1, 0.15) is 18.4 Å². The number of benzene rings is 2. The molecule has 3 rings (SSSR count). The van der Waals surface area contributed by atoms with Crippen molar-refractivity contribution in [2.45, 2.75) is 25.3 Å². The number of ether oxygens (including phenoxy) is 1. The molecule has 1 aromatic heterocycles. The van der Waals surface area contributed by atoms with E-state index in [0.717, 1.165) is 11.1 Å². The third-order valence-corrected chi connectivity index (χ3v) is 5.87. The number of hydrogen-bond donors (Lipinski definition) is 0. The van der Waals surface area contributed by atoms with Crippen LogP contribution in [-0.2, 0) is 16.6 Å². The number of sulfonamides is 1. The zero-order valence-electron chi connectivity index (χ0n) is 15.4. The molecule has 0 aliphatic rings. The van der Waals surface area contributed by atoms with Crippen LogP contribution in [0, 0.1) is 6.92 Å². The maximum absolute atomic E-state index is 12.7. The van der Waals surface area contributed by atoms with Crippen molar-refractivity contribution in [1.82, 2.24) is 14.4 Å². The topological polar surface area (TPSA) is 85.5 Å². The van der Waals surface area contributed by atoms with Gasteiger partial charge in [-0.1, -0.05) is 29.4 Å². The van der Waals surface area contributed by atoms with Crippen molar-refractivity contribution in [2.75, 3.05) is 13.7 Å². The van der Waals surface area contributed by atoms with Gasteiger partial charge in [-0.05, 0) is 43.7 Å². The molecule has 0 amide bonds. The Labute approximate surface area is 158 Å². The summed E-state index contributed by atoms with van der Waals surface area (Å²) < 4.78 is 37.2. The van der Waals surface area contributed by atoms with Crippen LogP contribution in [0.25, 0.3) is 11.4 Å². The van der Waals surface area contributed by atoms with E-state index in [9.17, 15) is 8.42 Å². The molecule has 3 aromatic rings. The fraction of sp³-hybridized carbons (Fsp3) is 0.263. The summed E-state index contributed by atoms with van der Waals surface area (Å²) in [5, 5.41) is 3.96. The SMILES string of the molecule is CCOc1ccc(S(=O)(=O)N(C)Cc2nc(-c3ccccc3C)no2)cc1. The Kier molecular flexibility index (Phi) is 5.57. The average molecular weight is 387 g/mol. The first-order chi connectivity index (χ1) is 12.9. The Morgan fingerprint density at radius 1 is 1.11 bits per heavy atom. The van der Waals surface area contributed by atoms with E-state index in [-0.39, 0.29) is 17.3 Å². The van der Waals surface area contributed by atoms with Gasteiger partial charge in [0, 0.05) is 12.6 Å². The highest BCUT2D eigenvalue weighted by molar-refractivity contribution is 7.89. The Hall–Kier alpha value is -2.71. The largest absolute Gasteiger partial charge is 0.494 e. The molecule has 0 fully saturated rings. The summed E-state index contributed by atoms with van der Waals surface area (Å²) in [4.78, 5) is 4.50. The average Bonchev–Trinajstić information content (AvgIpc) is 3.11. The number of nitrogens with zero attached hydrogens (tertiary/aromatic N) is 3. The van der Waals surface area contributed by atoms with E-state index in [4.69, 9.17) is 9.26 Å². The molecule has 0 saturated carbocycles. The minimum absolute atomic E-state index is 0.0194. The van der Waals surface area contributed by atoms with E-state index in [2.05, 4.69) is 10.1 Å². The Morgan fingerprint density at radius 2 is 1.81 bits per heavy atom. The predicted molar refractivity (Wildman–Crippen MR) is 101 cm³/mol. The highest BCUT2D eigenvalue weighted by Crippen LogP contribution is 2.22. The normalized spacial score (nSPS) is 11.7. The van der Waals surface area contributed by atoms with Gasteiger partial charge in [-0.3, -0.25) is 0 Å². The molecule has 0 bridgehead atoms. The molecule has 0 aliphatic heterocycles. The molecule has 0 spiro atoms. The number of aromatic nitrogens is 2. The molecule has 0 N–H and O–H groups in total. The second-order valence-corrected chi connectivity index (χ2v) is 8.04. The zero-order chi connectivity index (χ0) is 19.4. The molecule has 8 heteroatoms. The lowest BCUT2D eigenvalue weighted by Crippen LogP contribution is -2.26. The number of hydrogen-bond acceptors (Lipinski definition) is 6. The monoisotopic (exact) mass is 387 g/mol. The summed E-state index contributed by atoms with van der Waals surface area (Å²) in [5.74, 6) is 1.29. The van der Waals surface area contributed by atoms with Gasteiger partial charge in [-0.15, -0.1) is 0 Å². The highest BCUT2D eigenvalue weighted by Gasteiger charge is 2.23. The van der Waals surface area contributed by atoms with Crippen LogP contribution in [0.4, 0.5) is 0 Å².